The van der Waals surface area contributed by atoms with E-state index < -0.39 is 17.6 Å². The van der Waals surface area contributed by atoms with Gasteiger partial charge in [-0.15, -0.1) is 0 Å². The smallest absolute Gasteiger partial charge is 0.309 e. The van der Waals surface area contributed by atoms with Gasteiger partial charge in [-0.25, -0.2) is 4.39 Å². The second kappa shape index (κ2) is 7.14. The van der Waals surface area contributed by atoms with Gasteiger partial charge in [-0.1, -0.05) is 13.0 Å². The van der Waals surface area contributed by atoms with Crippen molar-refractivity contribution in [2.75, 3.05) is 18.6 Å². The Morgan fingerprint density at radius 3 is 2.53 bits per heavy atom. The van der Waals surface area contributed by atoms with E-state index in [1.54, 1.807) is 0 Å². The van der Waals surface area contributed by atoms with Crippen molar-refractivity contribution in [3.05, 3.63) is 35.1 Å². The first-order valence-electron chi connectivity index (χ1n) is 5.99. The molecular weight excluding hydrogens is 278 g/mol. The van der Waals surface area contributed by atoms with Gasteiger partial charge in [0, 0.05) is 11.8 Å². The summed E-state index contributed by atoms with van der Waals surface area (Å²) in [6.07, 6.45) is -1.89. The Bertz CT molecular complexity index is 406. The fourth-order valence-corrected chi connectivity index (χ4v) is 2.38. The molecule has 1 unspecified atom stereocenters. The number of rotatable bonds is 6. The van der Waals surface area contributed by atoms with E-state index in [-0.39, 0.29) is 6.04 Å². The third-order valence-electron chi connectivity index (χ3n) is 2.67. The summed E-state index contributed by atoms with van der Waals surface area (Å²) >= 11 is 1.54. The van der Waals surface area contributed by atoms with E-state index in [1.807, 2.05) is 13.2 Å². The lowest BCUT2D eigenvalue weighted by Gasteiger charge is -2.19. The minimum Gasteiger partial charge on any atom is -0.309 e. The Morgan fingerprint density at radius 2 is 2.00 bits per heavy atom. The highest BCUT2D eigenvalue weighted by Crippen LogP contribution is 2.33. The zero-order valence-electron chi connectivity index (χ0n) is 10.9. The highest BCUT2D eigenvalue weighted by molar-refractivity contribution is 7.98. The van der Waals surface area contributed by atoms with Gasteiger partial charge in [0.25, 0.3) is 0 Å². The van der Waals surface area contributed by atoms with E-state index >= 15 is 0 Å². The predicted octanol–water partition coefficient (Wildman–Crippen LogP) is 4.25. The molecule has 6 heteroatoms. The molecule has 0 aromatic heterocycles. The van der Waals surface area contributed by atoms with Gasteiger partial charge in [0.15, 0.2) is 0 Å². The molecule has 0 aliphatic rings. The number of halogens is 4. The fourth-order valence-electron chi connectivity index (χ4n) is 1.74. The first-order chi connectivity index (χ1) is 8.90. The molecule has 1 aromatic rings. The second-order valence-electron chi connectivity index (χ2n) is 4.20. The van der Waals surface area contributed by atoms with Crippen LogP contribution >= 0.6 is 11.8 Å². The Hall–Kier alpha value is -0.750. The summed E-state index contributed by atoms with van der Waals surface area (Å²) in [4.78, 5) is 0. The largest absolute Gasteiger partial charge is 0.419 e. The van der Waals surface area contributed by atoms with E-state index in [0.717, 1.165) is 18.6 Å². The molecule has 1 nitrogen and oxygen atoms in total. The Kier molecular flexibility index (Phi) is 6.13. The van der Waals surface area contributed by atoms with E-state index in [0.29, 0.717) is 17.9 Å². The fraction of sp³-hybridized carbons (Fsp3) is 0.538. The van der Waals surface area contributed by atoms with E-state index in [9.17, 15) is 17.6 Å². The van der Waals surface area contributed by atoms with Gasteiger partial charge in [-0.05, 0) is 36.9 Å². The topological polar surface area (TPSA) is 12.0 Å². The van der Waals surface area contributed by atoms with Crippen LogP contribution in [0, 0.1) is 5.82 Å². The van der Waals surface area contributed by atoms with Crippen LogP contribution in [-0.2, 0) is 6.18 Å². The summed E-state index contributed by atoms with van der Waals surface area (Å²) in [6.45, 7) is 2.69. The number of nitrogens with one attached hydrogen (secondary N) is 1. The SMILES string of the molecule is CCCNC(CSC)c1ccc(F)c(C(F)(F)F)c1. The van der Waals surface area contributed by atoms with Gasteiger partial charge in [0.1, 0.15) is 5.82 Å². The lowest BCUT2D eigenvalue weighted by atomic mass is 10.0. The molecule has 0 heterocycles. The third-order valence-corrected chi connectivity index (χ3v) is 3.34. The minimum atomic E-state index is -4.66. The molecule has 0 aliphatic heterocycles. The van der Waals surface area contributed by atoms with Crippen LogP contribution in [0.5, 0.6) is 0 Å². The predicted molar refractivity (Wildman–Crippen MR) is 70.8 cm³/mol. The number of hydrogen-bond donors (Lipinski definition) is 1. The van der Waals surface area contributed by atoms with Crippen LogP contribution in [0.2, 0.25) is 0 Å². The van der Waals surface area contributed by atoms with Crippen molar-refractivity contribution in [2.45, 2.75) is 25.6 Å². The van der Waals surface area contributed by atoms with Gasteiger partial charge in [-0.3, -0.25) is 0 Å². The molecule has 0 saturated heterocycles. The average molecular weight is 295 g/mol. The number of thioether (sulfide) groups is 1. The lowest BCUT2D eigenvalue weighted by Crippen LogP contribution is -2.24. The summed E-state index contributed by atoms with van der Waals surface area (Å²) in [7, 11) is 0. The summed E-state index contributed by atoms with van der Waals surface area (Å²) < 4.78 is 51.2. The van der Waals surface area contributed by atoms with Crippen LogP contribution in [0.1, 0.15) is 30.5 Å². The normalized spacial score (nSPS) is 13.6. The molecule has 1 atom stereocenters. The van der Waals surface area contributed by atoms with Crippen LogP contribution in [-0.4, -0.2) is 18.6 Å². The van der Waals surface area contributed by atoms with Crippen LogP contribution in [0.15, 0.2) is 18.2 Å². The molecule has 0 saturated carbocycles. The third kappa shape index (κ3) is 4.69. The molecule has 0 fully saturated rings. The minimum absolute atomic E-state index is 0.198. The molecule has 0 aliphatic carbocycles. The summed E-state index contributed by atoms with van der Waals surface area (Å²) in [5.74, 6) is -0.585. The van der Waals surface area contributed by atoms with Crippen molar-refractivity contribution in [2.24, 2.45) is 0 Å². The Labute approximate surface area is 114 Å². The maximum atomic E-state index is 13.2. The van der Waals surface area contributed by atoms with E-state index in [1.165, 1.54) is 17.8 Å². The average Bonchev–Trinajstić information content (AvgIpc) is 2.34. The van der Waals surface area contributed by atoms with Crippen LogP contribution in [0.25, 0.3) is 0 Å². The zero-order chi connectivity index (χ0) is 14.5. The van der Waals surface area contributed by atoms with Gasteiger partial charge >= 0.3 is 6.18 Å². The van der Waals surface area contributed by atoms with Gasteiger partial charge in [0.2, 0.25) is 0 Å². The van der Waals surface area contributed by atoms with Crippen LogP contribution in [0.3, 0.4) is 0 Å². The Morgan fingerprint density at radius 1 is 1.32 bits per heavy atom. The van der Waals surface area contributed by atoms with Crippen molar-refractivity contribution in [3.63, 3.8) is 0 Å². The van der Waals surface area contributed by atoms with Crippen molar-refractivity contribution < 1.29 is 17.6 Å². The summed E-state index contributed by atoms with van der Waals surface area (Å²) in [5.41, 5.74) is -0.731. The van der Waals surface area contributed by atoms with Crippen molar-refractivity contribution in [1.82, 2.24) is 5.32 Å². The van der Waals surface area contributed by atoms with E-state index in [4.69, 9.17) is 0 Å². The molecule has 19 heavy (non-hydrogen) atoms. The monoisotopic (exact) mass is 295 g/mol. The van der Waals surface area contributed by atoms with Gasteiger partial charge < -0.3 is 5.32 Å². The van der Waals surface area contributed by atoms with Crippen LogP contribution < -0.4 is 5.32 Å². The standard InChI is InChI=1S/C13H17F4NS/c1-3-6-18-12(8-19-2)9-4-5-11(14)10(7-9)13(15,16)17/h4-5,7,12,18H,3,6,8H2,1-2H3. The van der Waals surface area contributed by atoms with Crippen molar-refractivity contribution >= 4 is 11.8 Å². The molecule has 1 rings (SSSR count). The second-order valence-corrected chi connectivity index (χ2v) is 5.11. The summed E-state index contributed by atoms with van der Waals surface area (Å²) in [5, 5.41) is 3.17. The molecule has 0 bridgehead atoms. The zero-order valence-corrected chi connectivity index (χ0v) is 11.7. The molecular formula is C13H17F4NS. The number of hydrogen-bond acceptors (Lipinski definition) is 2. The molecule has 0 radical (unpaired) electrons. The van der Waals surface area contributed by atoms with Gasteiger partial charge in [0.05, 0.1) is 5.56 Å². The van der Waals surface area contributed by atoms with Gasteiger partial charge in [-0.2, -0.15) is 24.9 Å². The first kappa shape index (κ1) is 16.3. The van der Waals surface area contributed by atoms with Crippen molar-refractivity contribution in [1.29, 1.82) is 0 Å². The molecule has 0 spiro atoms. The van der Waals surface area contributed by atoms with E-state index in [2.05, 4.69) is 5.32 Å². The van der Waals surface area contributed by atoms with Crippen LogP contribution in [0.4, 0.5) is 17.6 Å². The molecule has 1 N–H and O–H groups in total. The Balaban J connectivity index is 3.03. The lowest BCUT2D eigenvalue weighted by molar-refractivity contribution is -0.140. The highest BCUT2D eigenvalue weighted by Gasteiger charge is 2.34. The quantitative estimate of drug-likeness (QED) is 0.787. The number of alkyl halides is 3. The van der Waals surface area contributed by atoms with Crippen molar-refractivity contribution in [3.8, 4) is 0 Å². The molecule has 0 amide bonds. The summed E-state index contributed by atoms with van der Waals surface area (Å²) in [6, 6.07) is 3.00. The highest BCUT2D eigenvalue weighted by atomic mass is 32.2. The maximum absolute atomic E-state index is 13.2. The first-order valence-corrected chi connectivity index (χ1v) is 7.38. The number of benzene rings is 1. The molecule has 108 valence electrons. The molecule has 1 aromatic carbocycles. The maximum Gasteiger partial charge on any atom is 0.419 e.